The lowest BCUT2D eigenvalue weighted by Crippen LogP contribution is -2.38. The van der Waals surface area contributed by atoms with Crippen LogP contribution in [0.2, 0.25) is 0 Å². The molecule has 0 radical (unpaired) electrons. The fraction of sp³-hybridized carbons (Fsp3) is 0.333. The van der Waals surface area contributed by atoms with E-state index in [-0.39, 0.29) is 4.90 Å². The molecule has 0 aliphatic rings. The summed E-state index contributed by atoms with van der Waals surface area (Å²) < 4.78 is 30.1. The number of sulfonamides is 1. The van der Waals surface area contributed by atoms with Crippen LogP contribution in [0, 0.1) is 13.8 Å². The van der Waals surface area contributed by atoms with Crippen LogP contribution in [0.15, 0.2) is 57.0 Å². The molecule has 0 amide bonds. The van der Waals surface area contributed by atoms with Crippen LogP contribution in [0.3, 0.4) is 0 Å². The van der Waals surface area contributed by atoms with E-state index in [0.29, 0.717) is 25.6 Å². The summed E-state index contributed by atoms with van der Waals surface area (Å²) in [5.74, 6) is 1.54. The van der Waals surface area contributed by atoms with E-state index >= 15 is 0 Å². The van der Waals surface area contributed by atoms with Gasteiger partial charge in [-0.3, -0.25) is 4.68 Å². The van der Waals surface area contributed by atoms with Gasteiger partial charge in [-0.25, -0.2) is 18.5 Å². The average molecular weight is 445 g/mol. The molecule has 0 saturated heterocycles. The largest absolute Gasteiger partial charge is 0.469 e. The Hall–Kier alpha value is -3.11. The van der Waals surface area contributed by atoms with Gasteiger partial charge in [0, 0.05) is 37.8 Å². The first kappa shape index (κ1) is 22.6. The molecule has 0 fully saturated rings. The number of hydrogen-bond acceptors (Lipinski definition) is 5. The molecule has 9 nitrogen and oxygen atoms in total. The molecule has 0 aliphatic heterocycles. The monoisotopic (exact) mass is 444 g/mol. The van der Waals surface area contributed by atoms with Gasteiger partial charge in [0.1, 0.15) is 5.76 Å². The molecule has 31 heavy (non-hydrogen) atoms. The lowest BCUT2D eigenvalue weighted by molar-refractivity contribution is 0.506. The number of primary sulfonamides is 1. The number of benzene rings is 1. The van der Waals surface area contributed by atoms with Crippen molar-refractivity contribution in [2.45, 2.75) is 38.3 Å². The van der Waals surface area contributed by atoms with E-state index in [1.165, 1.54) is 12.1 Å². The topological polar surface area (TPSA) is 128 Å². The summed E-state index contributed by atoms with van der Waals surface area (Å²) in [6, 6.07) is 10.2. The van der Waals surface area contributed by atoms with Crippen molar-refractivity contribution in [3.63, 3.8) is 0 Å². The van der Waals surface area contributed by atoms with Gasteiger partial charge in [0.05, 0.1) is 23.4 Å². The van der Waals surface area contributed by atoms with E-state index in [4.69, 9.17) is 9.56 Å². The quantitative estimate of drug-likeness (QED) is 0.359. The van der Waals surface area contributed by atoms with E-state index in [1.807, 2.05) is 37.7 Å². The highest BCUT2D eigenvalue weighted by Crippen LogP contribution is 2.12. The van der Waals surface area contributed by atoms with E-state index in [2.05, 4.69) is 20.7 Å². The number of aryl methyl sites for hydroxylation is 2. The highest BCUT2D eigenvalue weighted by atomic mass is 32.2. The Kier molecular flexibility index (Phi) is 7.13. The maximum atomic E-state index is 11.4. The number of aliphatic imine (C=N–C) groups is 1. The van der Waals surface area contributed by atoms with Crippen molar-refractivity contribution in [2.75, 3.05) is 6.54 Å². The van der Waals surface area contributed by atoms with E-state index in [1.54, 1.807) is 18.4 Å². The molecule has 0 bridgehead atoms. The second-order valence-electron chi connectivity index (χ2n) is 7.24. The smallest absolute Gasteiger partial charge is 0.238 e. The number of nitrogens with two attached hydrogens (primary N) is 1. The third-order valence-electron chi connectivity index (χ3n) is 5.01. The van der Waals surface area contributed by atoms with E-state index in [9.17, 15) is 8.42 Å². The zero-order chi connectivity index (χ0) is 22.4. The fourth-order valence-electron chi connectivity index (χ4n) is 3.13. The lowest BCUT2D eigenvalue weighted by Gasteiger charge is -2.13. The van der Waals surface area contributed by atoms with Crippen molar-refractivity contribution < 1.29 is 12.8 Å². The Morgan fingerprint density at radius 1 is 1.19 bits per heavy atom. The number of nitrogens with one attached hydrogen (secondary N) is 2. The summed E-state index contributed by atoms with van der Waals surface area (Å²) in [7, 11) is -1.78. The van der Waals surface area contributed by atoms with Gasteiger partial charge in [0.2, 0.25) is 10.0 Å². The molecule has 0 unspecified atom stereocenters. The average Bonchev–Trinajstić information content (AvgIpc) is 3.32. The van der Waals surface area contributed by atoms with Crippen LogP contribution < -0.4 is 15.8 Å². The zero-order valence-corrected chi connectivity index (χ0v) is 18.7. The zero-order valence-electron chi connectivity index (χ0n) is 17.9. The normalized spacial score (nSPS) is 12.2. The first-order chi connectivity index (χ1) is 14.7. The number of nitrogens with zero attached hydrogens (tertiary/aromatic N) is 3. The SMILES string of the molecule is Cc1nn(C)c(C)c1CNC(=NCc1ccc(S(N)(=O)=O)cc1)NCCc1ccco1. The van der Waals surface area contributed by atoms with Crippen LogP contribution in [0.5, 0.6) is 0 Å². The molecule has 0 atom stereocenters. The molecule has 2 heterocycles. The lowest BCUT2D eigenvalue weighted by atomic mass is 10.2. The number of hydrogen-bond donors (Lipinski definition) is 3. The van der Waals surface area contributed by atoms with Crippen molar-refractivity contribution in [3.8, 4) is 0 Å². The molecule has 0 aliphatic carbocycles. The van der Waals surface area contributed by atoms with Crippen molar-refractivity contribution >= 4 is 16.0 Å². The van der Waals surface area contributed by atoms with Crippen LogP contribution in [0.25, 0.3) is 0 Å². The number of aromatic nitrogens is 2. The summed E-state index contributed by atoms with van der Waals surface area (Å²) in [5.41, 5.74) is 4.06. The van der Waals surface area contributed by atoms with Crippen molar-refractivity contribution in [1.29, 1.82) is 0 Å². The predicted octanol–water partition coefficient (Wildman–Crippen LogP) is 1.76. The number of rotatable bonds is 8. The predicted molar refractivity (Wildman–Crippen MR) is 119 cm³/mol. The van der Waals surface area contributed by atoms with Crippen molar-refractivity contribution in [3.05, 3.63) is 70.9 Å². The fourth-order valence-corrected chi connectivity index (χ4v) is 3.65. The maximum Gasteiger partial charge on any atom is 0.238 e. The molecule has 3 rings (SSSR count). The van der Waals surface area contributed by atoms with Crippen LogP contribution in [-0.4, -0.2) is 30.7 Å². The Morgan fingerprint density at radius 3 is 2.52 bits per heavy atom. The molecule has 1 aromatic carbocycles. The minimum atomic E-state index is -3.71. The Labute approximate surface area is 182 Å². The van der Waals surface area contributed by atoms with Crippen LogP contribution >= 0.6 is 0 Å². The highest BCUT2D eigenvalue weighted by molar-refractivity contribution is 7.89. The second-order valence-corrected chi connectivity index (χ2v) is 8.80. The molecule has 2 aromatic heterocycles. The molecule has 10 heteroatoms. The molecule has 0 spiro atoms. The van der Waals surface area contributed by atoms with Gasteiger partial charge in [-0.05, 0) is 43.7 Å². The highest BCUT2D eigenvalue weighted by Gasteiger charge is 2.10. The van der Waals surface area contributed by atoms with Gasteiger partial charge in [-0.15, -0.1) is 0 Å². The summed E-state index contributed by atoms with van der Waals surface area (Å²) in [6.07, 6.45) is 2.38. The van der Waals surface area contributed by atoms with Crippen molar-refractivity contribution in [2.24, 2.45) is 17.2 Å². The minimum absolute atomic E-state index is 0.0812. The van der Waals surface area contributed by atoms with Crippen LogP contribution in [0.4, 0.5) is 0 Å². The van der Waals surface area contributed by atoms with Gasteiger partial charge in [0.25, 0.3) is 0 Å². The molecular weight excluding hydrogens is 416 g/mol. The standard InChI is InChI=1S/C21H28N6O3S/c1-15-20(16(2)27(3)26-15)14-25-21(23-11-10-18-5-4-12-30-18)24-13-17-6-8-19(9-7-17)31(22,28)29/h4-9,12H,10-11,13-14H2,1-3H3,(H2,22,28,29)(H2,23,24,25). The van der Waals surface area contributed by atoms with E-state index < -0.39 is 10.0 Å². The third-order valence-corrected chi connectivity index (χ3v) is 5.94. The molecule has 4 N–H and O–H groups in total. The second kappa shape index (κ2) is 9.80. The molecule has 166 valence electrons. The summed E-state index contributed by atoms with van der Waals surface area (Å²) in [4.78, 5) is 4.72. The Balaban J connectivity index is 1.69. The van der Waals surface area contributed by atoms with Crippen LogP contribution in [0.1, 0.15) is 28.3 Å². The van der Waals surface area contributed by atoms with E-state index in [0.717, 1.165) is 34.7 Å². The first-order valence-corrected chi connectivity index (χ1v) is 11.4. The summed E-state index contributed by atoms with van der Waals surface area (Å²) in [5, 5.41) is 16.3. The molecular formula is C21H28N6O3S. The Morgan fingerprint density at radius 2 is 1.94 bits per heavy atom. The van der Waals surface area contributed by atoms with Gasteiger partial charge in [-0.1, -0.05) is 12.1 Å². The van der Waals surface area contributed by atoms with Gasteiger partial charge >= 0.3 is 0 Å². The van der Waals surface area contributed by atoms with Gasteiger partial charge < -0.3 is 15.1 Å². The maximum absolute atomic E-state index is 11.4. The van der Waals surface area contributed by atoms with Gasteiger partial charge in [-0.2, -0.15) is 5.10 Å². The Bertz CT molecular complexity index is 1130. The molecule has 0 saturated carbocycles. The third kappa shape index (κ3) is 6.19. The number of guanidine groups is 1. The first-order valence-electron chi connectivity index (χ1n) is 9.89. The van der Waals surface area contributed by atoms with Crippen LogP contribution in [-0.2, 0) is 36.6 Å². The summed E-state index contributed by atoms with van der Waals surface area (Å²) >= 11 is 0. The number of furan rings is 1. The van der Waals surface area contributed by atoms with Crippen molar-refractivity contribution in [1.82, 2.24) is 20.4 Å². The molecule has 3 aromatic rings. The minimum Gasteiger partial charge on any atom is -0.469 e. The summed E-state index contributed by atoms with van der Waals surface area (Å²) in [6.45, 7) is 5.63. The van der Waals surface area contributed by atoms with Gasteiger partial charge in [0.15, 0.2) is 5.96 Å².